The maximum absolute atomic E-state index is 13.5. The minimum absolute atomic E-state index is 0.128. The molecule has 1 fully saturated rings. The summed E-state index contributed by atoms with van der Waals surface area (Å²) in [5.41, 5.74) is 2.22. The Morgan fingerprint density at radius 3 is 2.45 bits per heavy atom. The van der Waals surface area contributed by atoms with Gasteiger partial charge in [-0.05, 0) is 31.2 Å². The minimum atomic E-state index is -3.44. The van der Waals surface area contributed by atoms with E-state index >= 15 is 0 Å². The van der Waals surface area contributed by atoms with Gasteiger partial charge < -0.3 is 4.90 Å². The highest BCUT2D eigenvalue weighted by Crippen LogP contribution is 2.21. The minimum Gasteiger partial charge on any atom is -0.369 e. The Balaban J connectivity index is 1.39. The molecular weight excluding hydrogens is 448 g/mol. The third-order valence-corrected chi connectivity index (χ3v) is 6.76. The van der Waals surface area contributed by atoms with Gasteiger partial charge in [0.15, 0.2) is 15.7 Å². The van der Waals surface area contributed by atoms with Crippen LogP contribution in [0.2, 0.25) is 0 Å². The molecule has 1 aliphatic rings. The van der Waals surface area contributed by atoms with E-state index in [1.807, 2.05) is 24.0 Å². The Morgan fingerprint density at radius 1 is 1.09 bits per heavy atom. The largest absolute Gasteiger partial charge is 0.369 e. The molecule has 0 bridgehead atoms. The lowest BCUT2D eigenvalue weighted by molar-refractivity contribution is 0.284. The molecule has 2 aromatic heterocycles. The molecule has 0 amide bonds. The number of anilines is 1. The summed E-state index contributed by atoms with van der Waals surface area (Å²) in [4.78, 5) is 8.58. The highest BCUT2D eigenvalue weighted by molar-refractivity contribution is 7.90. The van der Waals surface area contributed by atoms with Crippen LogP contribution in [-0.4, -0.2) is 67.1 Å². The van der Waals surface area contributed by atoms with E-state index in [-0.39, 0.29) is 10.7 Å². The van der Waals surface area contributed by atoms with E-state index in [0.29, 0.717) is 25.3 Å². The molecule has 4 rings (SSSR count). The normalized spacial score (nSPS) is 15.5. The fourth-order valence-corrected chi connectivity index (χ4v) is 4.67. The molecule has 1 aliphatic heterocycles. The van der Waals surface area contributed by atoms with E-state index in [1.54, 1.807) is 18.5 Å². The van der Waals surface area contributed by atoms with Crippen molar-refractivity contribution in [3.05, 3.63) is 71.7 Å². The Hall–Kier alpha value is -3.11. The molecule has 0 unspecified atom stereocenters. The van der Waals surface area contributed by atoms with Crippen LogP contribution in [0.1, 0.15) is 11.3 Å². The summed E-state index contributed by atoms with van der Waals surface area (Å²) < 4.78 is 52.7. The van der Waals surface area contributed by atoms with Crippen LogP contribution >= 0.6 is 0 Å². The molecule has 1 aromatic carbocycles. The highest BCUT2D eigenvalue weighted by Gasteiger charge is 2.19. The number of hydrogen-bond donors (Lipinski definition) is 0. The van der Waals surface area contributed by atoms with Crippen LogP contribution in [0.3, 0.4) is 0 Å². The van der Waals surface area contributed by atoms with Gasteiger partial charge in [0.25, 0.3) is 0 Å². The molecule has 0 saturated carbocycles. The molecule has 1 saturated heterocycles. The average molecular weight is 474 g/mol. The number of sulfone groups is 1. The van der Waals surface area contributed by atoms with Crippen molar-refractivity contribution in [3.63, 3.8) is 0 Å². The molecule has 3 aromatic rings. The smallest absolute Gasteiger partial charge is 0.179 e. The number of hydrogen-bond acceptors (Lipinski definition) is 6. The average Bonchev–Trinajstić information content (AvgIpc) is 3.13. The third-order valence-electron chi connectivity index (χ3n) is 5.64. The standard InChI is InChI=1S/C23H25F2N5O2S/c1-17-18(16-27-30(17)23-22(33(2,31)32)6-3-7-26-23)5-4-8-28-9-11-29(12-10-28)21-14-19(24)13-20(25)15-21/h3-7,13-16H,8-12H2,1-2H3. The fourth-order valence-electron chi connectivity index (χ4n) is 3.87. The van der Waals surface area contributed by atoms with E-state index in [2.05, 4.69) is 15.0 Å². The maximum atomic E-state index is 13.5. The van der Waals surface area contributed by atoms with E-state index < -0.39 is 21.5 Å². The second kappa shape index (κ2) is 9.40. The molecule has 0 spiro atoms. The second-order valence-corrected chi connectivity index (χ2v) is 10.00. The summed E-state index contributed by atoms with van der Waals surface area (Å²) in [6, 6.07) is 6.70. The summed E-state index contributed by atoms with van der Waals surface area (Å²) in [7, 11) is -3.44. The van der Waals surface area contributed by atoms with E-state index in [0.717, 1.165) is 36.7 Å². The first-order chi connectivity index (χ1) is 15.7. The summed E-state index contributed by atoms with van der Waals surface area (Å²) in [5, 5.41) is 4.34. The summed E-state index contributed by atoms with van der Waals surface area (Å²) in [6.07, 6.45) is 8.36. The van der Waals surface area contributed by atoms with Gasteiger partial charge in [0.05, 0.1) is 11.9 Å². The first-order valence-corrected chi connectivity index (χ1v) is 12.4. The van der Waals surface area contributed by atoms with Crippen molar-refractivity contribution in [1.82, 2.24) is 19.7 Å². The van der Waals surface area contributed by atoms with Gasteiger partial charge in [0, 0.05) is 62.5 Å². The number of nitrogens with zero attached hydrogens (tertiary/aromatic N) is 5. The van der Waals surface area contributed by atoms with Gasteiger partial charge in [0.2, 0.25) is 0 Å². The Kier molecular flexibility index (Phi) is 6.57. The van der Waals surface area contributed by atoms with Crippen LogP contribution in [0.25, 0.3) is 11.9 Å². The molecule has 0 aliphatic carbocycles. The van der Waals surface area contributed by atoms with Crippen molar-refractivity contribution >= 4 is 21.6 Å². The SMILES string of the molecule is Cc1c(C=CCN2CCN(c3cc(F)cc(F)c3)CC2)cnn1-c1ncccc1S(C)(=O)=O. The molecule has 174 valence electrons. The second-order valence-electron chi connectivity index (χ2n) is 8.01. The van der Waals surface area contributed by atoms with Crippen molar-refractivity contribution in [2.24, 2.45) is 0 Å². The maximum Gasteiger partial charge on any atom is 0.179 e. The summed E-state index contributed by atoms with van der Waals surface area (Å²) >= 11 is 0. The molecular formula is C23H25F2N5O2S. The lowest BCUT2D eigenvalue weighted by atomic mass is 10.2. The first-order valence-electron chi connectivity index (χ1n) is 10.5. The van der Waals surface area contributed by atoms with Crippen molar-refractivity contribution in [1.29, 1.82) is 0 Å². The zero-order valence-electron chi connectivity index (χ0n) is 18.4. The van der Waals surface area contributed by atoms with Crippen LogP contribution < -0.4 is 4.90 Å². The van der Waals surface area contributed by atoms with Crippen molar-refractivity contribution in [2.75, 3.05) is 43.9 Å². The number of aromatic nitrogens is 3. The van der Waals surface area contributed by atoms with Crippen molar-refractivity contribution in [3.8, 4) is 5.82 Å². The van der Waals surface area contributed by atoms with Crippen molar-refractivity contribution < 1.29 is 17.2 Å². The van der Waals surface area contributed by atoms with Gasteiger partial charge in [-0.25, -0.2) is 26.9 Å². The number of benzene rings is 1. The van der Waals surface area contributed by atoms with Crippen molar-refractivity contribution in [2.45, 2.75) is 11.8 Å². The molecule has 0 radical (unpaired) electrons. The molecule has 0 atom stereocenters. The molecule has 7 nitrogen and oxygen atoms in total. The van der Waals surface area contributed by atoms with Gasteiger partial charge >= 0.3 is 0 Å². The fraction of sp³-hybridized carbons (Fsp3) is 0.304. The van der Waals surface area contributed by atoms with Crippen LogP contribution in [-0.2, 0) is 9.84 Å². The van der Waals surface area contributed by atoms with Gasteiger partial charge in [-0.2, -0.15) is 5.10 Å². The van der Waals surface area contributed by atoms with Gasteiger partial charge in [-0.1, -0.05) is 12.2 Å². The predicted octanol–water partition coefficient (Wildman–Crippen LogP) is 3.09. The Labute approximate surface area is 191 Å². The summed E-state index contributed by atoms with van der Waals surface area (Å²) in [6.45, 7) is 5.49. The van der Waals surface area contributed by atoms with Crippen LogP contribution in [0, 0.1) is 18.6 Å². The van der Waals surface area contributed by atoms with E-state index in [4.69, 9.17) is 0 Å². The quantitative estimate of drug-likeness (QED) is 0.548. The number of halogens is 2. The molecule has 33 heavy (non-hydrogen) atoms. The Morgan fingerprint density at radius 2 is 1.79 bits per heavy atom. The highest BCUT2D eigenvalue weighted by atomic mass is 32.2. The lowest BCUT2D eigenvalue weighted by Crippen LogP contribution is -2.46. The monoisotopic (exact) mass is 473 g/mol. The van der Waals surface area contributed by atoms with Gasteiger partial charge in [-0.15, -0.1) is 0 Å². The zero-order chi connectivity index (χ0) is 23.6. The van der Waals surface area contributed by atoms with E-state index in [1.165, 1.54) is 22.9 Å². The van der Waals surface area contributed by atoms with Crippen LogP contribution in [0.4, 0.5) is 14.5 Å². The predicted molar refractivity (Wildman–Crippen MR) is 123 cm³/mol. The van der Waals surface area contributed by atoms with Gasteiger partial charge in [-0.3, -0.25) is 4.90 Å². The molecule has 10 heteroatoms. The van der Waals surface area contributed by atoms with E-state index in [9.17, 15) is 17.2 Å². The number of piperazine rings is 1. The van der Waals surface area contributed by atoms with Crippen LogP contribution in [0.5, 0.6) is 0 Å². The summed E-state index contributed by atoms with van der Waals surface area (Å²) in [5.74, 6) is -0.858. The van der Waals surface area contributed by atoms with Gasteiger partial charge in [0.1, 0.15) is 16.5 Å². The lowest BCUT2D eigenvalue weighted by Gasteiger charge is -2.35. The zero-order valence-corrected chi connectivity index (χ0v) is 19.3. The molecule has 0 N–H and O–H groups in total. The van der Waals surface area contributed by atoms with Crippen LogP contribution in [0.15, 0.2) is 53.7 Å². The third kappa shape index (κ3) is 5.28. The first kappa shape index (κ1) is 23.1. The number of pyridine rings is 1. The number of rotatable bonds is 6. The Bertz CT molecular complexity index is 1260. The topological polar surface area (TPSA) is 71.3 Å². The molecule has 3 heterocycles.